The molecule has 4 nitrogen and oxygen atoms in total. The maximum absolute atomic E-state index is 13.2. The third-order valence-electron chi connectivity index (χ3n) is 8.47. The molecular formula is C23H30O4. The number of terminal acetylenes is 1. The Labute approximate surface area is 161 Å². The summed E-state index contributed by atoms with van der Waals surface area (Å²) >= 11 is 0. The Hall–Kier alpha value is -1.60. The molecule has 3 unspecified atom stereocenters. The van der Waals surface area contributed by atoms with Gasteiger partial charge in [0.05, 0.1) is 6.10 Å². The van der Waals surface area contributed by atoms with Crippen molar-refractivity contribution in [1.82, 2.24) is 0 Å². The van der Waals surface area contributed by atoms with E-state index in [2.05, 4.69) is 19.8 Å². The third kappa shape index (κ3) is 2.62. The van der Waals surface area contributed by atoms with Gasteiger partial charge in [-0.05, 0) is 60.8 Å². The number of ketones is 1. The van der Waals surface area contributed by atoms with Gasteiger partial charge in [0.1, 0.15) is 6.10 Å². The van der Waals surface area contributed by atoms with Crippen LogP contribution in [0.1, 0.15) is 59.3 Å². The summed E-state index contributed by atoms with van der Waals surface area (Å²) in [6, 6.07) is 0. The first-order valence-corrected chi connectivity index (χ1v) is 10.3. The fraction of sp³-hybridized carbons (Fsp3) is 0.739. The number of ether oxygens (including phenoxy) is 1. The van der Waals surface area contributed by atoms with Gasteiger partial charge in [0.25, 0.3) is 0 Å². The highest BCUT2D eigenvalue weighted by molar-refractivity contribution is 5.94. The fourth-order valence-corrected chi connectivity index (χ4v) is 7.02. The molecule has 0 saturated heterocycles. The molecule has 0 aliphatic heterocycles. The van der Waals surface area contributed by atoms with E-state index in [-0.39, 0.29) is 40.3 Å². The van der Waals surface area contributed by atoms with E-state index >= 15 is 0 Å². The van der Waals surface area contributed by atoms with Gasteiger partial charge in [-0.25, -0.2) is 0 Å². The van der Waals surface area contributed by atoms with E-state index in [1.54, 1.807) is 0 Å². The minimum Gasteiger partial charge on any atom is -0.459 e. The molecule has 146 valence electrons. The molecule has 4 rings (SSSR count). The first-order chi connectivity index (χ1) is 12.7. The standard InChI is InChI=1S/C23H30O4/c1-5-14-6-7-16-21-17(8-9-22(14,16)3)23(4)12-19(26)20(27-13(2)24)11-15(23)10-18(21)25/h1,10,14,16-17,19-21,26H,6-9,11-12H2,2-4H3/t14?,16-,17+,19?,20?,21-,22+,23-/m0/s1. The summed E-state index contributed by atoms with van der Waals surface area (Å²) in [6.07, 6.45) is 11.5. The molecule has 4 heteroatoms. The summed E-state index contributed by atoms with van der Waals surface area (Å²) in [4.78, 5) is 24.6. The van der Waals surface area contributed by atoms with Gasteiger partial charge in [0.15, 0.2) is 5.78 Å². The Morgan fingerprint density at radius 1 is 1.30 bits per heavy atom. The number of rotatable bonds is 1. The maximum atomic E-state index is 13.2. The highest BCUT2D eigenvalue weighted by Crippen LogP contribution is 2.65. The number of aliphatic hydroxyl groups excluding tert-OH is 1. The molecule has 3 fully saturated rings. The van der Waals surface area contributed by atoms with Crippen molar-refractivity contribution in [3.8, 4) is 12.3 Å². The molecule has 0 amide bonds. The fourth-order valence-electron chi connectivity index (χ4n) is 7.02. The molecule has 0 aromatic rings. The Morgan fingerprint density at radius 2 is 2.04 bits per heavy atom. The van der Waals surface area contributed by atoms with Crippen LogP contribution in [0, 0.1) is 46.8 Å². The molecule has 0 bridgehead atoms. The third-order valence-corrected chi connectivity index (χ3v) is 8.47. The van der Waals surface area contributed by atoms with Crippen LogP contribution in [0.3, 0.4) is 0 Å². The van der Waals surface area contributed by atoms with Crippen LogP contribution in [0.4, 0.5) is 0 Å². The van der Waals surface area contributed by atoms with Crippen molar-refractivity contribution in [3.05, 3.63) is 11.6 Å². The predicted molar refractivity (Wildman–Crippen MR) is 101 cm³/mol. The van der Waals surface area contributed by atoms with Crippen LogP contribution in [0.5, 0.6) is 0 Å². The second-order valence-corrected chi connectivity index (χ2v) is 9.69. The molecule has 4 aliphatic carbocycles. The van der Waals surface area contributed by atoms with Crippen molar-refractivity contribution in [2.24, 2.45) is 34.5 Å². The summed E-state index contributed by atoms with van der Waals surface area (Å²) in [5.41, 5.74) is 0.908. The van der Waals surface area contributed by atoms with E-state index in [4.69, 9.17) is 11.2 Å². The van der Waals surface area contributed by atoms with Crippen molar-refractivity contribution < 1.29 is 19.4 Å². The van der Waals surface area contributed by atoms with Gasteiger partial charge < -0.3 is 9.84 Å². The van der Waals surface area contributed by atoms with Gasteiger partial charge in [-0.1, -0.05) is 19.4 Å². The van der Waals surface area contributed by atoms with Crippen molar-refractivity contribution in [3.63, 3.8) is 0 Å². The molecule has 8 atom stereocenters. The Morgan fingerprint density at radius 3 is 2.70 bits per heavy atom. The highest BCUT2D eigenvalue weighted by atomic mass is 16.6. The molecule has 0 radical (unpaired) electrons. The Kier molecular flexibility index (Phi) is 4.31. The van der Waals surface area contributed by atoms with Crippen molar-refractivity contribution in [2.75, 3.05) is 0 Å². The lowest BCUT2D eigenvalue weighted by molar-refractivity contribution is -0.159. The lowest BCUT2D eigenvalue weighted by Crippen LogP contribution is -2.55. The van der Waals surface area contributed by atoms with Gasteiger partial charge in [0, 0.05) is 25.2 Å². The topological polar surface area (TPSA) is 63.6 Å². The summed E-state index contributed by atoms with van der Waals surface area (Å²) < 4.78 is 5.32. The minimum atomic E-state index is -0.680. The predicted octanol–water partition coefficient (Wildman–Crippen LogP) is 3.28. The molecule has 3 saturated carbocycles. The zero-order valence-corrected chi connectivity index (χ0v) is 16.5. The lowest BCUT2D eigenvalue weighted by atomic mass is 9.47. The summed E-state index contributed by atoms with van der Waals surface area (Å²) in [7, 11) is 0. The number of hydrogen-bond donors (Lipinski definition) is 1. The van der Waals surface area contributed by atoms with Gasteiger partial charge in [-0.15, -0.1) is 12.3 Å². The zero-order chi connectivity index (χ0) is 19.6. The SMILES string of the molecule is C#CC1CC[C@H]2[C@@H]3C(=O)C=C4CC(OC(C)=O)C(O)C[C@]4(C)[C@@H]3CC[C@]12C. The number of hydrogen-bond acceptors (Lipinski definition) is 4. The van der Waals surface area contributed by atoms with Gasteiger partial charge in [-0.2, -0.15) is 0 Å². The van der Waals surface area contributed by atoms with E-state index in [0.29, 0.717) is 18.8 Å². The molecule has 4 aliphatic rings. The number of aliphatic hydroxyl groups is 1. The summed E-state index contributed by atoms with van der Waals surface area (Å²) in [5.74, 6) is 3.68. The number of allylic oxidation sites excluding steroid dienone is 1. The molecule has 0 spiro atoms. The molecule has 1 N–H and O–H groups in total. The van der Waals surface area contributed by atoms with Crippen LogP contribution >= 0.6 is 0 Å². The summed E-state index contributed by atoms with van der Waals surface area (Å²) in [6.45, 7) is 5.85. The van der Waals surface area contributed by atoms with Crippen LogP contribution in [0.2, 0.25) is 0 Å². The lowest BCUT2D eigenvalue weighted by Gasteiger charge is -2.57. The Balaban J connectivity index is 1.68. The van der Waals surface area contributed by atoms with Crippen LogP contribution in [0.25, 0.3) is 0 Å². The number of esters is 1. The monoisotopic (exact) mass is 370 g/mol. The maximum Gasteiger partial charge on any atom is 0.303 e. The number of fused-ring (bicyclic) bond motifs is 5. The highest BCUT2D eigenvalue weighted by Gasteiger charge is 2.61. The van der Waals surface area contributed by atoms with E-state index in [1.165, 1.54) is 6.92 Å². The van der Waals surface area contributed by atoms with Crippen molar-refractivity contribution >= 4 is 11.8 Å². The smallest absolute Gasteiger partial charge is 0.303 e. The van der Waals surface area contributed by atoms with Crippen molar-refractivity contribution in [1.29, 1.82) is 0 Å². The first kappa shape index (κ1) is 18.7. The van der Waals surface area contributed by atoms with E-state index in [0.717, 1.165) is 31.3 Å². The normalized spacial score (nSPS) is 48.6. The zero-order valence-electron chi connectivity index (χ0n) is 16.5. The molecule has 27 heavy (non-hydrogen) atoms. The van der Waals surface area contributed by atoms with Crippen LogP contribution in [-0.2, 0) is 14.3 Å². The number of carbonyl (C=O) groups excluding carboxylic acids is 2. The quantitative estimate of drug-likeness (QED) is 0.568. The number of carbonyl (C=O) groups is 2. The molecular weight excluding hydrogens is 340 g/mol. The van der Waals surface area contributed by atoms with E-state index in [1.807, 2.05) is 6.08 Å². The van der Waals surface area contributed by atoms with Crippen LogP contribution in [0.15, 0.2) is 11.6 Å². The molecule has 0 aromatic heterocycles. The van der Waals surface area contributed by atoms with Gasteiger partial charge in [0.2, 0.25) is 0 Å². The van der Waals surface area contributed by atoms with Crippen LogP contribution in [-0.4, -0.2) is 29.1 Å². The van der Waals surface area contributed by atoms with Gasteiger partial charge >= 0.3 is 5.97 Å². The van der Waals surface area contributed by atoms with E-state index in [9.17, 15) is 14.7 Å². The Bertz CT molecular complexity index is 746. The molecule has 0 aromatic carbocycles. The van der Waals surface area contributed by atoms with Crippen LogP contribution < -0.4 is 0 Å². The van der Waals surface area contributed by atoms with Gasteiger partial charge in [-0.3, -0.25) is 9.59 Å². The first-order valence-electron chi connectivity index (χ1n) is 10.3. The van der Waals surface area contributed by atoms with Crippen molar-refractivity contribution in [2.45, 2.75) is 71.5 Å². The second-order valence-electron chi connectivity index (χ2n) is 9.69. The van der Waals surface area contributed by atoms with E-state index < -0.39 is 12.2 Å². The second kappa shape index (κ2) is 6.21. The molecule has 0 heterocycles. The largest absolute Gasteiger partial charge is 0.459 e. The average Bonchev–Trinajstić information content (AvgIpc) is 2.93. The summed E-state index contributed by atoms with van der Waals surface area (Å²) in [5, 5.41) is 10.7. The minimum absolute atomic E-state index is 0.00771. The average molecular weight is 370 g/mol.